The molecule has 15 heteroatoms. The van der Waals surface area contributed by atoms with Gasteiger partial charge < -0.3 is 31.5 Å². The minimum atomic E-state index is -5.08. The number of anilines is 1. The van der Waals surface area contributed by atoms with Gasteiger partial charge in [0.05, 0.1) is 28.4 Å². The molecule has 39 heavy (non-hydrogen) atoms. The summed E-state index contributed by atoms with van der Waals surface area (Å²) in [6.07, 6.45) is 3.56. The maximum atomic E-state index is 12.9. The molecule has 1 atom stereocenters. The molecule has 2 aliphatic heterocycles. The molecule has 2 saturated heterocycles. The number of aliphatic carboxylic acids is 1. The van der Waals surface area contributed by atoms with E-state index >= 15 is 0 Å². The number of rotatable bonds is 4. The van der Waals surface area contributed by atoms with Crippen molar-refractivity contribution in [2.24, 2.45) is 5.73 Å². The highest BCUT2D eigenvalue weighted by molar-refractivity contribution is 7.15. The van der Waals surface area contributed by atoms with Gasteiger partial charge in [0.1, 0.15) is 4.88 Å². The number of hydrogen-bond donors (Lipinski definition) is 5. The number of hydrogen-bond acceptors (Lipinski definition) is 7. The van der Waals surface area contributed by atoms with E-state index in [-0.39, 0.29) is 11.9 Å². The van der Waals surface area contributed by atoms with E-state index in [0.29, 0.717) is 21.5 Å². The first-order chi connectivity index (χ1) is 18.5. The monoisotopic (exact) mass is 570 g/mol. The predicted molar refractivity (Wildman–Crippen MR) is 136 cm³/mol. The molecule has 212 valence electrons. The maximum absolute atomic E-state index is 12.9. The van der Waals surface area contributed by atoms with Crippen molar-refractivity contribution in [2.45, 2.75) is 50.4 Å². The van der Waals surface area contributed by atoms with Crippen LogP contribution in [-0.2, 0) is 9.53 Å². The Morgan fingerprint density at radius 1 is 1.21 bits per heavy atom. The molecule has 11 nitrogen and oxygen atoms in total. The van der Waals surface area contributed by atoms with Crippen LogP contribution in [0.1, 0.15) is 58.3 Å². The molecular weight excluding hydrogens is 541 g/mol. The van der Waals surface area contributed by atoms with Crippen molar-refractivity contribution in [3.05, 3.63) is 33.8 Å². The highest BCUT2D eigenvalue weighted by Gasteiger charge is 2.38. The molecule has 0 aliphatic carbocycles. The first-order valence-corrected chi connectivity index (χ1v) is 13.0. The lowest BCUT2D eigenvalue weighted by molar-refractivity contribution is -0.192. The lowest BCUT2D eigenvalue weighted by Crippen LogP contribution is -2.40. The van der Waals surface area contributed by atoms with Gasteiger partial charge >= 0.3 is 18.2 Å². The Bertz CT molecular complexity index is 1200. The van der Waals surface area contributed by atoms with Gasteiger partial charge in [-0.05, 0) is 38.3 Å². The third kappa shape index (κ3) is 9.57. The number of aromatic nitrogens is 2. The zero-order valence-electron chi connectivity index (χ0n) is 20.8. The number of carbonyl (C=O) groups excluding carboxylic acids is 2. The van der Waals surface area contributed by atoms with Crippen LogP contribution in [0.4, 0.5) is 23.7 Å². The summed E-state index contributed by atoms with van der Waals surface area (Å²) in [5, 5.41) is 20.5. The smallest absolute Gasteiger partial charge is 0.475 e. The van der Waals surface area contributed by atoms with Gasteiger partial charge in [-0.2, -0.15) is 18.3 Å². The van der Waals surface area contributed by atoms with Crippen LogP contribution in [0.5, 0.6) is 0 Å². The normalized spacial score (nSPS) is 18.0. The third-order valence-electron chi connectivity index (χ3n) is 5.82. The molecule has 0 spiro atoms. The Labute approximate surface area is 226 Å². The van der Waals surface area contributed by atoms with Crippen LogP contribution >= 0.6 is 11.3 Å². The van der Waals surface area contributed by atoms with Gasteiger partial charge in [-0.1, -0.05) is 18.3 Å². The van der Waals surface area contributed by atoms with Crippen molar-refractivity contribution in [2.75, 3.05) is 31.6 Å². The van der Waals surface area contributed by atoms with E-state index in [4.69, 9.17) is 20.4 Å². The number of thiophene rings is 1. The fourth-order valence-electron chi connectivity index (χ4n) is 3.93. The van der Waals surface area contributed by atoms with Crippen LogP contribution in [0.15, 0.2) is 18.5 Å². The summed E-state index contributed by atoms with van der Waals surface area (Å²) in [6, 6.07) is 1.36. The molecule has 0 unspecified atom stereocenters. The number of nitrogens with two attached hydrogens (primary N) is 1. The van der Waals surface area contributed by atoms with Crippen LogP contribution in [0.2, 0.25) is 0 Å². The Morgan fingerprint density at radius 2 is 1.92 bits per heavy atom. The van der Waals surface area contributed by atoms with E-state index in [9.17, 15) is 22.8 Å². The summed E-state index contributed by atoms with van der Waals surface area (Å²) >= 11 is 1.24. The highest BCUT2D eigenvalue weighted by atomic mass is 32.1. The minimum Gasteiger partial charge on any atom is -0.475 e. The van der Waals surface area contributed by atoms with E-state index in [1.165, 1.54) is 11.3 Å². The zero-order valence-corrected chi connectivity index (χ0v) is 21.7. The molecule has 4 rings (SSSR count). The van der Waals surface area contributed by atoms with Crippen LogP contribution in [0.25, 0.3) is 0 Å². The summed E-state index contributed by atoms with van der Waals surface area (Å²) in [4.78, 5) is 34.3. The number of alkyl halides is 3. The number of carboxylic acids is 1. The molecule has 6 N–H and O–H groups in total. The first kappa shape index (κ1) is 29.9. The molecular formula is C24H29F3N6O5S. The fraction of sp³-hybridized carbons (Fsp3) is 0.500. The van der Waals surface area contributed by atoms with E-state index in [2.05, 4.69) is 32.9 Å². The Morgan fingerprint density at radius 3 is 2.59 bits per heavy atom. The summed E-state index contributed by atoms with van der Waals surface area (Å²) in [6.45, 7) is 3.19. The van der Waals surface area contributed by atoms with E-state index in [1.54, 1.807) is 12.3 Å². The Balaban J connectivity index is 0.000000532. The average Bonchev–Trinajstić information content (AvgIpc) is 3.43. The van der Waals surface area contributed by atoms with Crippen molar-refractivity contribution < 1.29 is 37.4 Å². The van der Waals surface area contributed by atoms with Crippen LogP contribution in [0, 0.1) is 11.8 Å². The number of nitrogens with one attached hydrogen (secondary N) is 3. The fourth-order valence-corrected chi connectivity index (χ4v) is 4.80. The molecule has 0 saturated carbocycles. The number of carbonyl (C=O) groups is 3. The predicted octanol–water partition coefficient (Wildman–Crippen LogP) is 2.69. The molecule has 0 bridgehead atoms. The van der Waals surface area contributed by atoms with Crippen LogP contribution in [0.3, 0.4) is 0 Å². The van der Waals surface area contributed by atoms with Gasteiger partial charge in [0, 0.05) is 32.0 Å². The number of carboxylic acid groups (broad SMARTS) is 1. The maximum Gasteiger partial charge on any atom is 0.490 e. The summed E-state index contributed by atoms with van der Waals surface area (Å²) in [5.41, 5.74) is 6.48. The number of primary amides is 1. The molecule has 4 heterocycles. The van der Waals surface area contributed by atoms with Gasteiger partial charge in [-0.25, -0.2) is 9.59 Å². The standard InChI is InChI=1S/C22H28N6O3S.C2HF3O2/c23-22(30)27-19-11-18(32-20(19)21(29)26-16-3-1-2-8-24-13-16)5-4-15-12-25-28(14-15)17-6-9-31-10-7-17;3-2(4,5)1(6)7/h11-12,14,16-17,24H,1-3,6-10,13H2,(H,26,29)(H3,23,27,30);(H,6,7)/t16-;/m0./s1. The number of urea groups is 1. The number of ether oxygens (including phenoxy) is 1. The Hall–Kier alpha value is -3.61. The average molecular weight is 571 g/mol. The summed E-state index contributed by atoms with van der Waals surface area (Å²) < 4.78 is 39.1. The number of halogens is 3. The van der Waals surface area contributed by atoms with Gasteiger partial charge in [0.25, 0.3) is 5.91 Å². The largest absolute Gasteiger partial charge is 0.490 e. The molecule has 2 aromatic heterocycles. The number of nitrogens with zero attached hydrogens (tertiary/aromatic N) is 2. The van der Waals surface area contributed by atoms with E-state index < -0.39 is 18.2 Å². The second kappa shape index (κ2) is 14.0. The van der Waals surface area contributed by atoms with Crippen LogP contribution in [-0.4, -0.2) is 71.3 Å². The molecule has 2 aromatic rings. The molecule has 0 radical (unpaired) electrons. The topological polar surface area (TPSA) is 161 Å². The van der Waals surface area contributed by atoms with Gasteiger partial charge in [0.15, 0.2) is 0 Å². The summed E-state index contributed by atoms with van der Waals surface area (Å²) in [7, 11) is 0. The zero-order chi connectivity index (χ0) is 28.4. The van der Waals surface area contributed by atoms with E-state index in [0.717, 1.165) is 64.0 Å². The molecule has 2 fully saturated rings. The van der Waals surface area contributed by atoms with Crippen molar-refractivity contribution >= 4 is 34.9 Å². The first-order valence-electron chi connectivity index (χ1n) is 12.2. The Kier molecular flexibility index (Phi) is 10.7. The van der Waals surface area contributed by atoms with Gasteiger partial charge in [-0.3, -0.25) is 9.48 Å². The van der Waals surface area contributed by atoms with Gasteiger partial charge in [0.2, 0.25) is 0 Å². The van der Waals surface area contributed by atoms with Crippen molar-refractivity contribution in [1.82, 2.24) is 20.4 Å². The van der Waals surface area contributed by atoms with Crippen molar-refractivity contribution in [3.8, 4) is 11.8 Å². The van der Waals surface area contributed by atoms with Crippen molar-refractivity contribution in [1.29, 1.82) is 0 Å². The molecule has 3 amide bonds. The highest BCUT2D eigenvalue weighted by Crippen LogP contribution is 2.27. The van der Waals surface area contributed by atoms with Crippen LogP contribution < -0.4 is 21.7 Å². The van der Waals surface area contributed by atoms with E-state index in [1.807, 2.05) is 10.9 Å². The van der Waals surface area contributed by atoms with Crippen molar-refractivity contribution in [3.63, 3.8) is 0 Å². The number of amides is 3. The summed E-state index contributed by atoms with van der Waals surface area (Å²) in [5.74, 6) is 3.20. The SMILES string of the molecule is NC(=O)Nc1cc(C#Cc2cnn(C3CCOCC3)c2)sc1C(=O)N[C@H]1CCCCNC1.O=C(O)C(F)(F)F. The quantitative estimate of drug-likeness (QED) is 0.353. The lowest BCUT2D eigenvalue weighted by atomic mass is 10.1. The second-order valence-electron chi connectivity index (χ2n) is 8.82. The van der Waals surface area contributed by atoms with Gasteiger partial charge in [-0.15, -0.1) is 11.3 Å². The third-order valence-corrected chi connectivity index (χ3v) is 6.87. The second-order valence-corrected chi connectivity index (χ2v) is 9.87. The minimum absolute atomic E-state index is 0.0547. The molecule has 2 aliphatic rings. The molecule has 0 aromatic carbocycles. The lowest BCUT2D eigenvalue weighted by Gasteiger charge is -2.22.